The number of amides is 1. The smallest absolute Gasteiger partial charge is 0.260 e. The quantitative estimate of drug-likeness (QED) is 0.333. The van der Waals surface area contributed by atoms with Crippen LogP contribution in [-0.4, -0.2) is 40.8 Å². The second-order valence-corrected chi connectivity index (χ2v) is 12.6. The molecule has 0 radical (unpaired) electrons. The molecular weight excluding hydrogens is 480 g/mol. The highest BCUT2D eigenvalue weighted by molar-refractivity contribution is 5.96. The Morgan fingerprint density at radius 1 is 1.05 bits per heavy atom. The molecule has 0 saturated heterocycles. The molecule has 0 unspecified atom stereocenters. The molecule has 0 bridgehead atoms. The van der Waals surface area contributed by atoms with E-state index in [1.165, 1.54) is 43.4 Å². The zero-order valence-electron chi connectivity index (χ0n) is 23.0. The highest BCUT2D eigenvalue weighted by atomic mass is 16.6. The van der Waals surface area contributed by atoms with Gasteiger partial charge in [0, 0.05) is 12.5 Å². The van der Waals surface area contributed by atoms with Gasteiger partial charge in [-0.25, -0.2) is 0 Å². The van der Waals surface area contributed by atoms with E-state index in [4.69, 9.17) is 4.84 Å². The summed E-state index contributed by atoms with van der Waals surface area (Å²) in [4.78, 5) is 30.0. The molecule has 0 heterocycles. The number of aromatic hydroxyl groups is 2. The van der Waals surface area contributed by atoms with Crippen molar-refractivity contribution >= 4 is 17.4 Å². The van der Waals surface area contributed by atoms with Gasteiger partial charge in [-0.1, -0.05) is 30.6 Å². The lowest BCUT2D eigenvalue weighted by Crippen LogP contribution is -2.51. The maximum Gasteiger partial charge on any atom is 0.260 e. The van der Waals surface area contributed by atoms with Crippen LogP contribution in [0.1, 0.15) is 77.7 Å². The molecule has 3 fully saturated rings. The molecule has 4 aliphatic rings. The largest absolute Gasteiger partial charge is 0.504 e. The van der Waals surface area contributed by atoms with Gasteiger partial charge in [0.25, 0.3) is 5.91 Å². The number of oxime groups is 1. The molecule has 0 aliphatic heterocycles. The van der Waals surface area contributed by atoms with Crippen molar-refractivity contribution in [2.75, 3.05) is 13.2 Å². The number of phenols is 2. The van der Waals surface area contributed by atoms with Crippen molar-refractivity contribution in [3.63, 3.8) is 0 Å². The first-order valence-electron chi connectivity index (χ1n) is 14.3. The molecule has 0 spiro atoms. The number of hydrogen-bond donors (Lipinski definition) is 3. The van der Waals surface area contributed by atoms with Gasteiger partial charge in [0.1, 0.15) is 5.78 Å². The molecule has 4 aliphatic carbocycles. The summed E-state index contributed by atoms with van der Waals surface area (Å²) in [5, 5.41) is 26.1. The molecule has 1 aromatic carbocycles. The van der Waals surface area contributed by atoms with Gasteiger partial charge in [0.05, 0.1) is 5.71 Å². The van der Waals surface area contributed by atoms with Gasteiger partial charge in [0.15, 0.2) is 18.1 Å². The van der Waals surface area contributed by atoms with E-state index in [-0.39, 0.29) is 40.8 Å². The van der Waals surface area contributed by atoms with E-state index in [0.29, 0.717) is 36.5 Å². The highest BCUT2D eigenvalue weighted by Crippen LogP contribution is 2.66. The molecule has 1 aromatic rings. The van der Waals surface area contributed by atoms with Crippen molar-refractivity contribution in [1.82, 2.24) is 5.32 Å². The Kier molecular flexibility index (Phi) is 7.31. The Morgan fingerprint density at radius 3 is 2.63 bits per heavy atom. The third kappa shape index (κ3) is 4.85. The summed E-state index contributed by atoms with van der Waals surface area (Å²) in [5.41, 5.74) is 3.60. The average Bonchev–Trinajstić information content (AvgIpc) is 3.24. The van der Waals surface area contributed by atoms with Gasteiger partial charge in [-0.05, 0) is 117 Å². The van der Waals surface area contributed by atoms with Crippen LogP contribution < -0.4 is 5.32 Å². The molecule has 1 amide bonds. The second kappa shape index (κ2) is 10.4. The standard InChI is InChI=1S/C31H42N2O5/c1-19(34)24-7-8-25-23-6-5-21-17-22(10-13-30(21,2)26(23)11-14-31(24,25)3)33-38-18-29(37)32-15-12-20-4-9-27(35)28(36)16-20/h4,9,16-17,23-26,35-36H,5-8,10-15,18H2,1-3H3,(H,32,37)/b33-22-/t23-,24+,25-,26-,30-,31+/m0/s1. The van der Waals surface area contributed by atoms with E-state index in [1.807, 2.05) is 0 Å². The lowest BCUT2D eigenvalue weighted by Gasteiger charge is -2.58. The number of fused-ring (bicyclic) bond motifs is 5. The van der Waals surface area contributed by atoms with Crippen LogP contribution in [0.2, 0.25) is 0 Å². The fourth-order valence-corrected chi connectivity index (χ4v) is 8.61. The normalized spacial score (nSPS) is 35.0. The number of carbonyl (C=O) groups excluding carboxylic acids is 2. The first-order chi connectivity index (χ1) is 18.1. The fraction of sp³-hybridized carbons (Fsp3) is 0.645. The molecule has 6 atom stereocenters. The van der Waals surface area contributed by atoms with Gasteiger partial charge in [-0.15, -0.1) is 0 Å². The second-order valence-electron chi connectivity index (χ2n) is 12.6. The Labute approximate surface area is 225 Å². The van der Waals surface area contributed by atoms with Crippen LogP contribution in [-0.2, 0) is 20.8 Å². The number of nitrogens with one attached hydrogen (secondary N) is 1. The van der Waals surface area contributed by atoms with Crippen LogP contribution in [0.3, 0.4) is 0 Å². The fourth-order valence-electron chi connectivity index (χ4n) is 8.61. The molecule has 38 heavy (non-hydrogen) atoms. The number of benzene rings is 1. The van der Waals surface area contributed by atoms with Crippen LogP contribution in [0.4, 0.5) is 0 Å². The van der Waals surface area contributed by atoms with Gasteiger partial charge < -0.3 is 20.4 Å². The van der Waals surface area contributed by atoms with Gasteiger partial charge >= 0.3 is 0 Å². The van der Waals surface area contributed by atoms with Gasteiger partial charge in [0.2, 0.25) is 0 Å². The SMILES string of the molecule is CC(=O)[C@H]1CC[C@H]2[C@@H]3CCC4=C/C(=N\OCC(=O)NCCc5ccc(O)c(O)c5)CC[C@]4(C)[C@H]3CC[C@]12C. The number of phenolic OH excluding ortho intramolecular Hbond substituents is 2. The van der Waals surface area contributed by atoms with Crippen LogP contribution >= 0.6 is 0 Å². The number of carbonyl (C=O) groups is 2. The van der Waals surface area contributed by atoms with E-state index in [2.05, 4.69) is 30.4 Å². The maximum atomic E-state index is 12.4. The molecule has 7 nitrogen and oxygen atoms in total. The number of hydrogen-bond acceptors (Lipinski definition) is 6. The number of rotatable bonds is 7. The van der Waals surface area contributed by atoms with E-state index in [9.17, 15) is 19.8 Å². The van der Waals surface area contributed by atoms with Crippen molar-refractivity contribution in [2.45, 2.75) is 78.6 Å². The van der Waals surface area contributed by atoms with Crippen molar-refractivity contribution in [3.05, 3.63) is 35.4 Å². The average molecular weight is 523 g/mol. The summed E-state index contributed by atoms with van der Waals surface area (Å²) in [6.45, 7) is 6.92. The zero-order valence-corrected chi connectivity index (χ0v) is 23.0. The van der Waals surface area contributed by atoms with E-state index >= 15 is 0 Å². The van der Waals surface area contributed by atoms with Gasteiger partial charge in [-0.2, -0.15) is 0 Å². The summed E-state index contributed by atoms with van der Waals surface area (Å²) in [6.07, 6.45) is 11.6. The van der Waals surface area contributed by atoms with E-state index in [0.717, 1.165) is 37.0 Å². The Hall–Kier alpha value is -2.83. The highest BCUT2D eigenvalue weighted by Gasteiger charge is 2.59. The molecule has 7 heteroatoms. The number of nitrogens with zero attached hydrogens (tertiary/aromatic N) is 1. The lowest BCUT2D eigenvalue weighted by molar-refractivity contribution is -0.128. The summed E-state index contributed by atoms with van der Waals surface area (Å²) in [6, 6.07) is 4.64. The predicted molar refractivity (Wildman–Crippen MR) is 146 cm³/mol. The van der Waals surface area contributed by atoms with Crippen LogP contribution in [0.25, 0.3) is 0 Å². The minimum atomic E-state index is -0.239. The summed E-state index contributed by atoms with van der Waals surface area (Å²) in [7, 11) is 0. The third-order valence-electron chi connectivity index (χ3n) is 10.6. The maximum absolute atomic E-state index is 12.4. The van der Waals surface area contributed by atoms with E-state index in [1.54, 1.807) is 13.0 Å². The Morgan fingerprint density at radius 2 is 1.87 bits per heavy atom. The predicted octanol–water partition coefficient (Wildman–Crippen LogP) is 5.30. The van der Waals surface area contributed by atoms with Crippen LogP contribution in [0.15, 0.2) is 35.0 Å². The Balaban J connectivity index is 1.14. The first kappa shape index (κ1) is 26.8. The molecule has 3 saturated carbocycles. The topological polar surface area (TPSA) is 108 Å². The summed E-state index contributed by atoms with van der Waals surface area (Å²) < 4.78 is 0. The summed E-state index contributed by atoms with van der Waals surface area (Å²) in [5.74, 6) is 2.14. The van der Waals surface area contributed by atoms with E-state index < -0.39 is 0 Å². The van der Waals surface area contributed by atoms with Crippen molar-refractivity contribution in [1.29, 1.82) is 0 Å². The van der Waals surface area contributed by atoms with Crippen LogP contribution in [0.5, 0.6) is 11.5 Å². The lowest BCUT2D eigenvalue weighted by atomic mass is 9.46. The molecular formula is C31H42N2O5. The van der Waals surface area contributed by atoms with Crippen molar-refractivity contribution in [2.24, 2.45) is 39.7 Å². The first-order valence-corrected chi connectivity index (χ1v) is 14.3. The monoisotopic (exact) mass is 522 g/mol. The number of ketones is 1. The van der Waals surface area contributed by atoms with Crippen molar-refractivity contribution < 1.29 is 24.6 Å². The minimum Gasteiger partial charge on any atom is -0.504 e. The molecule has 5 rings (SSSR count). The molecule has 3 N–H and O–H groups in total. The molecule has 206 valence electrons. The minimum absolute atomic E-state index is 0.132. The van der Waals surface area contributed by atoms with Gasteiger partial charge in [-0.3, -0.25) is 9.59 Å². The Bertz CT molecular complexity index is 1160. The number of allylic oxidation sites excluding steroid dienone is 2. The van der Waals surface area contributed by atoms with Crippen LogP contribution in [0, 0.1) is 34.5 Å². The summed E-state index contributed by atoms with van der Waals surface area (Å²) >= 11 is 0. The number of Topliss-reactive ketones (excluding diaryl/α,β-unsaturated/α-hetero) is 1. The molecule has 0 aromatic heterocycles. The zero-order chi connectivity index (χ0) is 27.1. The third-order valence-corrected chi connectivity index (χ3v) is 10.6. The van der Waals surface area contributed by atoms with Crippen molar-refractivity contribution in [3.8, 4) is 11.5 Å².